The molecule has 0 spiro atoms. The van der Waals surface area contributed by atoms with Gasteiger partial charge in [0.05, 0.1) is 11.2 Å². The molecule has 14 heteroatoms. The van der Waals surface area contributed by atoms with Crippen molar-refractivity contribution in [3.8, 4) is 0 Å². The van der Waals surface area contributed by atoms with Crippen LogP contribution in [0.25, 0.3) is 0 Å². The van der Waals surface area contributed by atoms with Gasteiger partial charge in [-0.15, -0.1) is 0 Å². The van der Waals surface area contributed by atoms with E-state index in [2.05, 4.69) is 23.0 Å². The molecule has 0 bridgehead atoms. The molecule has 4 aliphatic heterocycles. The molecular weight excluding hydrogens is 573 g/mol. The SMILES string of the molecule is CNC(=O)NC1CCC(S(=O)(=O)N2CCC(C3CCN4NC(C(F)(F)F)C(C(=O)N5CCC(C)CC5)C4C3)CC2)CC1. The summed E-state index contributed by atoms with van der Waals surface area (Å²) in [5.74, 6) is -0.684. The highest BCUT2D eigenvalue weighted by Crippen LogP contribution is 2.44. The van der Waals surface area contributed by atoms with Gasteiger partial charge in [-0.1, -0.05) is 6.92 Å². The third kappa shape index (κ3) is 6.71. The lowest BCUT2D eigenvalue weighted by atomic mass is 9.74. The second kappa shape index (κ2) is 12.8. The predicted molar refractivity (Wildman–Crippen MR) is 152 cm³/mol. The van der Waals surface area contributed by atoms with Crippen LogP contribution in [0.3, 0.4) is 0 Å². The van der Waals surface area contributed by atoms with E-state index in [4.69, 9.17) is 0 Å². The van der Waals surface area contributed by atoms with Crippen molar-refractivity contribution in [2.24, 2.45) is 23.7 Å². The van der Waals surface area contributed by atoms with Gasteiger partial charge in [-0.2, -0.15) is 13.2 Å². The van der Waals surface area contributed by atoms with Crippen LogP contribution in [0.4, 0.5) is 18.0 Å². The molecule has 3 amide bonds. The van der Waals surface area contributed by atoms with Crippen LogP contribution in [-0.2, 0) is 14.8 Å². The minimum absolute atomic E-state index is 0.0239. The van der Waals surface area contributed by atoms with Crippen molar-refractivity contribution in [1.29, 1.82) is 0 Å². The Balaban J connectivity index is 1.18. The molecule has 1 saturated carbocycles. The van der Waals surface area contributed by atoms with Crippen LogP contribution in [-0.4, -0.2) is 104 Å². The van der Waals surface area contributed by atoms with E-state index in [0.29, 0.717) is 83.6 Å². The summed E-state index contributed by atoms with van der Waals surface area (Å²) in [6, 6.07) is -2.66. The van der Waals surface area contributed by atoms with E-state index in [-0.39, 0.29) is 29.8 Å². The van der Waals surface area contributed by atoms with Gasteiger partial charge in [-0.25, -0.2) is 28.0 Å². The molecule has 10 nitrogen and oxygen atoms in total. The van der Waals surface area contributed by atoms with Gasteiger partial charge in [0.15, 0.2) is 0 Å². The maximum Gasteiger partial charge on any atom is 0.406 e. The lowest BCUT2D eigenvalue weighted by Gasteiger charge is -2.43. The summed E-state index contributed by atoms with van der Waals surface area (Å²) < 4.78 is 70.9. The Kier molecular flexibility index (Phi) is 9.66. The molecule has 1 aliphatic carbocycles. The average molecular weight is 621 g/mol. The summed E-state index contributed by atoms with van der Waals surface area (Å²) in [6.45, 7) is 4.43. The number of hydrogen-bond acceptors (Lipinski definition) is 6. The second-order valence-corrected chi connectivity index (χ2v) is 15.4. The number of halogens is 3. The molecule has 3 N–H and O–H groups in total. The summed E-state index contributed by atoms with van der Waals surface area (Å²) in [5.41, 5.74) is 2.66. The van der Waals surface area contributed by atoms with Crippen LogP contribution in [0.15, 0.2) is 0 Å². The lowest BCUT2D eigenvalue weighted by Crippen LogP contribution is -2.52. The van der Waals surface area contributed by atoms with E-state index < -0.39 is 39.5 Å². The van der Waals surface area contributed by atoms with Crippen molar-refractivity contribution < 1.29 is 31.2 Å². The summed E-state index contributed by atoms with van der Waals surface area (Å²) in [4.78, 5) is 26.8. The molecule has 0 radical (unpaired) electrons. The number of hydrazine groups is 1. The first-order valence-electron chi connectivity index (χ1n) is 15.7. The Morgan fingerprint density at radius 2 is 1.48 bits per heavy atom. The van der Waals surface area contributed by atoms with Crippen molar-refractivity contribution in [3.05, 3.63) is 0 Å². The highest BCUT2D eigenvalue weighted by Gasteiger charge is 2.59. The standard InChI is InChI=1S/C28H47F3N6O4S/c1-18-7-12-35(13-8-18)26(38)24-23-17-20(11-16-37(23)34-25(24)28(29,30)31)19-9-14-36(15-10-19)42(40,41)22-5-3-21(4-6-22)33-27(39)32-2/h18-25,34H,3-17H2,1-2H3,(H2,32,33,39). The summed E-state index contributed by atoms with van der Waals surface area (Å²) in [6.07, 6.45) is 1.99. The number of alkyl halides is 3. The Bertz CT molecular complexity index is 1070. The van der Waals surface area contributed by atoms with E-state index in [9.17, 15) is 31.2 Å². The van der Waals surface area contributed by atoms with Crippen LogP contribution in [0.1, 0.15) is 71.1 Å². The van der Waals surface area contributed by atoms with Gasteiger partial charge in [0.2, 0.25) is 15.9 Å². The number of carbonyl (C=O) groups excluding carboxylic acids is 2. The Morgan fingerprint density at radius 3 is 2.07 bits per heavy atom. The van der Waals surface area contributed by atoms with Crippen LogP contribution < -0.4 is 16.1 Å². The first-order chi connectivity index (χ1) is 19.9. The molecule has 4 unspecified atom stereocenters. The zero-order valence-electron chi connectivity index (χ0n) is 24.7. The number of piperidine rings is 3. The fraction of sp³-hybridized carbons (Fsp3) is 0.929. The molecule has 240 valence electrons. The van der Waals surface area contributed by atoms with Crippen molar-refractivity contribution in [2.75, 3.05) is 39.8 Å². The molecule has 5 fully saturated rings. The maximum atomic E-state index is 14.2. The van der Waals surface area contributed by atoms with Gasteiger partial charge in [-0.3, -0.25) is 4.79 Å². The van der Waals surface area contributed by atoms with Gasteiger partial charge in [0, 0.05) is 51.9 Å². The fourth-order valence-corrected chi connectivity index (χ4v) is 10.0. The molecule has 0 aromatic carbocycles. The zero-order chi connectivity index (χ0) is 30.2. The summed E-state index contributed by atoms with van der Waals surface area (Å²) in [5, 5.41) is 6.61. The molecule has 4 saturated heterocycles. The van der Waals surface area contributed by atoms with E-state index in [0.717, 1.165) is 19.3 Å². The smallest absolute Gasteiger partial charge is 0.342 e. The van der Waals surface area contributed by atoms with E-state index >= 15 is 0 Å². The van der Waals surface area contributed by atoms with E-state index in [1.54, 1.807) is 21.3 Å². The molecule has 5 aliphatic rings. The number of nitrogens with one attached hydrogen (secondary N) is 3. The minimum Gasteiger partial charge on any atom is -0.342 e. The number of sulfonamides is 1. The number of hydrogen-bond donors (Lipinski definition) is 3. The molecule has 42 heavy (non-hydrogen) atoms. The lowest BCUT2D eigenvalue weighted by molar-refractivity contribution is -0.172. The van der Waals surface area contributed by atoms with Gasteiger partial charge in [-0.05, 0) is 82.0 Å². The van der Waals surface area contributed by atoms with Gasteiger partial charge >= 0.3 is 12.2 Å². The number of nitrogens with zero attached hydrogens (tertiary/aromatic N) is 3. The van der Waals surface area contributed by atoms with Crippen LogP contribution in [0.5, 0.6) is 0 Å². The zero-order valence-corrected chi connectivity index (χ0v) is 25.6. The Hall–Kier alpha value is -1.64. The highest BCUT2D eigenvalue weighted by molar-refractivity contribution is 7.89. The van der Waals surface area contributed by atoms with Crippen LogP contribution in [0, 0.1) is 23.7 Å². The number of amides is 3. The van der Waals surface area contributed by atoms with E-state index in [1.807, 2.05) is 0 Å². The number of likely N-dealkylation sites (tertiary alicyclic amines) is 1. The van der Waals surface area contributed by atoms with E-state index in [1.165, 1.54) is 0 Å². The molecule has 4 atom stereocenters. The Labute approximate surface area is 247 Å². The molecular formula is C28H47F3N6O4S. The van der Waals surface area contributed by atoms with Crippen molar-refractivity contribution in [1.82, 2.24) is 30.3 Å². The predicted octanol–water partition coefficient (Wildman–Crippen LogP) is 2.67. The normalized spacial score (nSPS) is 34.6. The molecule has 0 aromatic rings. The minimum atomic E-state index is -4.52. The van der Waals surface area contributed by atoms with Gasteiger partial charge in [0.25, 0.3) is 0 Å². The van der Waals surface area contributed by atoms with Gasteiger partial charge < -0.3 is 15.5 Å². The topological polar surface area (TPSA) is 114 Å². The maximum absolute atomic E-state index is 14.2. The number of urea groups is 1. The largest absolute Gasteiger partial charge is 0.406 e. The second-order valence-electron chi connectivity index (χ2n) is 13.2. The first-order valence-corrected chi connectivity index (χ1v) is 17.2. The quantitative estimate of drug-likeness (QED) is 0.436. The third-order valence-corrected chi connectivity index (χ3v) is 13.1. The fourth-order valence-electron chi connectivity index (χ4n) is 8.03. The van der Waals surface area contributed by atoms with Crippen molar-refractivity contribution in [3.63, 3.8) is 0 Å². The van der Waals surface area contributed by atoms with Crippen molar-refractivity contribution >= 4 is 22.0 Å². The molecule has 0 aromatic heterocycles. The number of rotatable bonds is 5. The van der Waals surface area contributed by atoms with Gasteiger partial charge in [0.1, 0.15) is 6.04 Å². The average Bonchev–Trinajstić information content (AvgIpc) is 3.37. The number of carbonyl (C=O) groups is 2. The summed E-state index contributed by atoms with van der Waals surface area (Å²) in [7, 11) is -1.91. The molecule has 4 heterocycles. The van der Waals surface area contributed by atoms with Crippen molar-refractivity contribution in [2.45, 2.75) is 101 Å². The highest BCUT2D eigenvalue weighted by atomic mass is 32.2. The molecule has 5 rings (SSSR count). The summed E-state index contributed by atoms with van der Waals surface area (Å²) >= 11 is 0. The first kappa shape index (κ1) is 31.8. The van der Waals surface area contributed by atoms with Crippen LogP contribution in [0.2, 0.25) is 0 Å². The monoisotopic (exact) mass is 620 g/mol. The number of fused-ring (bicyclic) bond motifs is 1. The van der Waals surface area contributed by atoms with Crippen LogP contribution >= 0.6 is 0 Å². The Morgan fingerprint density at radius 1 is 0.857 bits per heavy atom. The third-order valence-electron chi connectivity index (χ3n) is 10.7.